The van der Waals surface area contributed by atoms with Crippen molar-refractivity contribution in [3.05, 3.63) is 65.7 Å². The molecule has 0 aromatic heterocycles. The zero-order valence-electron chi connectivity index (χ0n) is 13.8. The van der Waals surface area contributed by atoms with Gasteiger partial charge < -0.3 is 9.84 Å². The number of aliphatic hydroxyl groups is 1. The Morgan fingerprint density at radius 1 is 0.957 bits per heavy atom. The third-order valence-electron chi connectivity index (χ3n) is 4.01. The Balaban J connectivity index is 1.77. The van der Waals surface area contributed by atoms with Crippen LogP contribution in [0.3, 0.4) is 0 Å². The molecule has 0 radical (unpaired) electrons. The Morgan fingerprint density at radius 2 is 1.61 bits per heavy atom. The summed E-state index contributed by atoms with van der Waals surface area (Å²) in [5.74, 6) is 1.31. The molecule has 1 unspecified atom stereocenters. The fraction of sp³-hybridized carbons (Fsp3) is 0.333. The molecule has 2 rings (SSSR count). The van der Waals surface area contributed by atoms with Gasteiger partial charge in [0.1, 0.15) is 5.75 Å². The Hall–Kier alpha value is -2.06. The third kappa shape index (κ3) is 6.29. The van der Waals surface area contributed by atoms with Crippen molar-refractivity contribution in [2.45, 2.75) is 26.2 Å². The molecule has 0 fully saturated rings. The van der Waals surface area contributed by atoms with Gasteiger partial charge in [0.15, 0.2) is 0 Å². The van der Waals surface area contributed by atoms with E-state index in [-0.39, 0.29) is 6.61 Å². The highest BCUT2D eigenvalue weighted by molar-refractivity contribution is 5.69. The highest BCUT2D eigenvalue weighted by Gasteiger charge is 2.04. The minimum Gasteiger partial charge on any atom is -0.494 e. The van der Waals surface area contributed by atoms with Gasteiger partial charge in [0.05, 0.1) is 6.61 Å². The maximum absolute atomic E-state index is 9.16. The first-order valence-corrected chi connectivity index (χ1v) is 8.38. The van der Waals surface area contributed by atoms with Crippen LogP contribution in [0, 0.1) is 5.92 Å². The van der Waals surface area contributed by atoms with E-state index >= 15 is 0 Å². The largest absolute Gasteiger partial charge is 0.494 e. The minimum absolute atomic E-state index is 0.277. The second-order valence-corrected chi connectivity index (χ2v) is 5.76. The van der Waals surface area contributed by atoms with E-state index in [0.29, 0.717) is 12.5 Å². The molecule has 0 bridgehead atoms. The highest BCUT2D eigenvalue weighted by atomic mass is 16.5. The summed E-state index contributed by atoms with van der Waals surface area (Å²) in [5.41, 5.74) is 2.36. The fourth-order valence-corrected chi connectivity index (χ4v) is 2.42. The van der Waals surface area contributed by atoms with Crippen LogP contribution in [0.5, 0.6) is 5.75 Å². The van der Waals surface area contributed by atoms with E-state index in [1.165, 1.54) is 5.56 Å². The number of benzene rings is 2. The maximum Gasteiger partial charge on any atom is 0.119 e. The van der Waals surface area contributed by atoms with Gasteiger partial charge in [-0.05, 0) is 42.0 Å². The Morgan fingerprint density at radius 3 is 2.22 bits per heavy atom. The van der Waals surface area contributed by atoms with E-state index in [1.807, 2.05) is 30.3 Å². The minimum atomic E-state index is 0.277. The third-order valence-corrected chi connectivity index (χ3v) is 4.01. The van der Waals surface area contributed by atoms with Crippen molar-refractivity contribution in [2.24, 2.45) is 5.92 Å². The predicted octanol–water partition coefficient (Wildman–Crippen LogP) is 5.03. The Labute approximate surface area is 139 Å². The molecule has 2 nitrogen and oxygen atoms in total. The van der Waals surface area contributed by atoms with Crippen molar-refractivity contribution >= 4 is 12.2 Å². The van der Waals surface area contributed by atoms with Crippen LogP contribution in [0.2, 0.25) is 0 Å². The van der Waals surface area contributed by atoms with Crippen molar-refractivity contribution in [2.75, 3.05) is 13.2 Å². The first-order valence-electron chi connectivity index (χ1n) is 8.38. The van der Waals surface area contributed by atoms with E-state index in [4.69, 9.17) is 9.84 Å². The molecule has 1 N–H and O–H groups in total. The summed E-state index contributed by atoms with van der Waals surface area (Å²) in [6.07, 6.45) is 7.24. The lowest BCUT2D eigenvalue weighted by atomic mass is 10.0. The molecule has 0 saturated heterocycles. The summed E-state index contributed by atoms with van der Waals surface area (Å²) in [7, 11) is 0. The Bertz CT molecular complexity index is 569. The number of rotatable bonds is 9. The van der Waals surface area contributed by atoms with Gasteiger partial charge in [0.25, 0.3) is 0 Å². The van der Waals surface area contributed by atoms with Crippen LogP contribution >= 0.6 is 0 Å². The van der Waals surface area contributed by atoms with Gasteiger partial charge >= 0.3 is 0 Å². The molecule has 2 heteroatoms. The van der Waals surface area contributed by atoms with Gasteiger partial charge in [0.2, 0.25) is 0 Å². The van der Waals surface area contributed by atoms with Crippen LogP contribution in [-0.2, 0) is 0 Å². The van der Waals surface area contributed by atoms with Gasteiger partial charge in [-0.3, -0.25) is 0 Å². The molecule has 0 spiro atoms. The molecule has 2 aromatic carbocycles. The van der Waals surface area contributed by atoms with Gasteiger partial charge in [0, 0.05) is 6.61 Å². The molecule has 122 valence electrons. The number of aliphatic hydroxyl groups excluding tert-OH is 1. The summed E-state index contributed by atoms with van der Waals surface area (Å²) in [4.78, 5) is 0. The zero-order chi connectivity index (χ0) is 16.3. The monoisotopic (exact) mass is 310 g/mol. The lowest BCUT2D eigenvalue weighted by molar-refractivity contribution is 0.202. The highest BCUT2D eigenvalue weighted by Crippen LogP contribution is 2.16. The molecule has 2 aromatic rings. The number of ether oxygens (including phenoxy) is 1. The summed E-state index contributed by atoms with van der Waals surface area (Å²) in [6, 6.07) is 18.4. The molecule has 0 heterocycles. The lowest BCUT2D eigenvalue weighted by Gasteiger charge is -2.11. The summed E-state index contributed by atoms with van der Waals surface area (Å²) in [6.45, 7) is 3.10. The molecule has 0 saturated carbocycles. The fourth-order valence-electron chi connectivity index (χ4n) is 2.42. The number of hydrogen-bond donors (Lipinski definition) is 1. The maximum atomic E-state index is 9.16. The second-order valence-electron chi connectivity index (χ2n) is 5.76. The van der Waals surface area contributed by atoms with Crippen molar-refractivity contribution in [3.63, 3.8) is 0 Å². The van der Waals surface area contributed by atoms with Crippen LogP contribution in [-0.4, -0.2) is 18.3 Å². The van der Waals surface area contributed by atoms with Gasteiger partial charge in [-0.2, -0.15) is 0 Å². The van der Waals surface area contributed by atoms with Crippen LogP contribution in [0.1, 0.15) is 37.3 Å². The molecule has 0 aliphatic carbocycles. The standard InChI is InChI=1S/C21H26O2/c1-2-18(17-22)9-6-16-23-21-14-12-20(13-15-21)11-10-19-7-4-3-5-8-19/h3-5,7-8,10-15,18,22H,2,6,9,16-17H2,1H3. The van der Waals surface area contributed by atoms with Crippen LogP contribution in [0.25, 0.3) is 12.2 Å². The Kier molecular flexibility index (Phi) is 7.41. The second kappa shape index (κ2) is 9.86. The van der Waals surface area contributed by atoms with Crippen molar-refractivity contribution < 1.29 is 9.84 Å². The average molecular weight is 310 g/mol. The van der Waals surface area contributed by atoms with E-state index in [2.05, 4.69) is 43.3 Å². The molecule has 0 amide bonds. The van der Waals surface area contributed by atoms with Crippen LogP contribution < -0.4 is 4.74 Å². The first kappa shape index (κ1) is 17.3. The smallest absolute Gasteiger partial charge is 0.119 e. The van der Waals surface area contributed by atoms with E-state index in [1.54, 1.807) is 0 Å². The van der Waals surface area contributed by atoms with Gasteiger partial charge in [-0.25, -0.2) is 0 Å². The van der Waals surface area contributed by atoms with Crippen molar-refractivity contribution in [1.82, 2.24) is 0 Å². The SMILES string of the molecule is CCC(CO)CCCOc1ccc(C=Cc2ccccc2)cc1. The van der Waals surface area contributed by atoms with E-state index in [0.717, 1.165) is 30.6 Å². The van der Waals surface area contributed by atoms with Gasteiger partial charge in [-0.1, -0.05) is 68.0 Å². The zero-order valence-corrected chi connectivity index (χ0v) is 13.8. The average Bonchev–Trinajstić information content (AvgIpc) is 2.62. The van der Waals surface area contributed by atoms with Crippen LogP contribution in [0.15, 0.2) is 54.6 Å². The van der Waals surface area contributed by atoms with Crippen molar-refractivity contribution in [3.8, 4) is 5.75 Å². The topological polar surface area (TPSA) is 29.5 Å². The van der Waals surface area contributed by atoms with Crippen molar-refractivity contribution in [1.29, 1.82) is 0 Å². The molecule has 0 aliphatic rings. The van der Waals surface area contributed by atoms with Crippen LogP contribution in [0.4, 0.5) is 0 Å². The summed E-state index contributed by atoms with van der Waals surface area (Å²) < 4.78 is 5.76. The molecule has 0 aliphatic heterocycles. The quantitative estimate of drug-likeness (QED) is 0.519. The van der Waals surface area contributed by atoms with E-state index < -0.39 is 0 Å². The molecule has 23 heavy (non-hydrogen) atoms. The normalized spacial score (nSPS) is 12.4. The lowest BCUT2D eigenvalue weighted by Crippen LogP contribution is -2.07. The summed E-state index contributed by atoms with van der Waals surface area (Å²) >= 11 is 0. The van der Waals surface area contributed by atoms with Gasteiger partial charge in [-0.15, -0.1) is 0 Å². The molecular weight excluding hydrogens is 284 g/mol. The predicted molar refractivity (Wildman–Crippen MR) is 97.4 cm³/mol. The van der Waals surface area contributed by atoms with E-state index in [9.17, 15) is 0 Å². The summed E-state index contributed by atoms with van der Waals surface area (Å²) in [5, 5.41) is 9.16. The molecule has 1 atom stereocenters. The first-order chi connectivity index (χ1) is 11.3. The number of hydrogen-bond acceptors (Lipinski definition) is 2. The molecular formula is C21H26O2.